The van der Waals surface area contributed by atoms with E-state index < -0.39 is 12.6 Å². The molecule has 2 aromatic rings. The summed E-state index contributed by atoms with van der Waals surface area (Å²) in [6, 6.07) is 16.2. The third-order valence-electron chi connectivity index (χ3n) is 4.70. The van der Waals surface area contributed by atoms with Crippen molar-refractivity contribution in [3.05, 3.63) is 65.7 Å². The van der Waals surface area contributed by atoms with E-state index in [1.807, 2.05) is 58.0 Å². The molecule has 0 aliphatic carbocycles. The van der Waals surface area contributed by atoms with Crippen LogP contribution in [0.15, 0.2) is 54.6 Å². The molecule has 1 fully saturated rings. The predicted molar refractivity (Wildman–Crippen MR) is 110 cm³/mol. The van der Waals surface area contributed by atoms with Gasteiger partial charge in [0.15, 0.2) is 0 Å². The second kappa shape index (κ2) is 7.80. The first-order valence-corrected chi connectivity index (χ1v) is 10.9. The van der Waals surface area contributed by atoms with E-state index in [4.69, 9.17) is 9.36 Å². The van der Waals surface area contributed by atoms with E-state index in [0.717, 1.165) is 5.56 Å². The highest BCUT2D eigenvalue weighted by atomic mass is 31.2. The third-order valence-corrected chi connectivity index (χ3v) is 7.76. The largest absolute Gasteiger partial charge is 0.322 e. The quantitative estimate of drug-likeness (QED) is 0.591. The molecule has 0 aromatic heterocycles. The van der Waals surface area contributed by atoms with Gasteiger partial charge in [-0.3, -0.25) is 19.5 Å². The van der Waals surface area contributed by atoms with Gasteiger partial charge >= 0.3 is 0 Å². The van der Waals surface area contributed by atoms with Crippen LogP contribution in [0.1, 0.15) is 43.6 Å². The predicted octanol–water partition coefficient (Wildman–Crippen LogP) is 3.59. The van der Waals surface area contributed by atoms with E-state index in [1.165, 1.54) is 0 Å². The summed E-state index contributed by atoms with van der Waals surface area (Å²) in [5.41, 5.74) is 3.56. The number of hydrogen-bond acceptors (Lipinski definition) is 5. The van der Waals surface area contributed by atoms with Crippen molar-refractivity contribution in [2.24, 2.45) is 0 Å². The first kappa shape index (κ1) is 20.7. The lowest BCUT2D eigenvalue weighted by molar-refractivity contribution is 0.0233. The number of carbonyl (C=O) groups is 1. The average molecular weight is 402 g/mol. The Hall–Kier alpha value is -1.98. The van der Waals surface area contributed by atoms with Crippen LogP contribution >= 0.6 is 7.37 Å². The molecule has 28 heavy (non-hydrogen) atoms. The third kappa shape index (κ3) is 4.36. The van der Waals surface area contributed by atoms with E-state index in [-0.39, 0.29) is 18.1 Å². The molecule has 7 heteroatoms. The van der Waals surface area contributed by atoms with Crippen molar-refractivity contribution >= 4 is 18.6 Å². The molecule has 1 aliphatic heterocycles. The van der Waals surface area contributed by atoms with Crippen LogP contribution < -0.4 is 16.1 Å². The van der Waals surface area contributed by atoms with Crippen molar-refractivity contribution in [1.29, 1.82) is 0 Å². The summed E-state index contributed by atoms with van der Waals surface area (Å²) in [7, 11) is -3.13. The maximum absolute atomic E-state index is 13.6. The Morgan fingerprint density at radius 2 is 1.75 bits per heavy atom. The first-order chi connectivity index (χ1) is 13.1. The number of benzene rings is 2. The van der Waals surface area contributed by atoms with Crippen LogP contribution in [0.3, 0.4) is 0 Å². The highest BCUT2D eigenvalue weighted by molar-refractivity contribution is 7.68. The zero-order chi connectivity index (χ0) is 20.4. The Labute approximate surface area is 166 Å². The van der Waals surface area contributed by atoms with Gasteiger partial charge in [-0.2, -0.15) is 0 Å². The van der Waals surface area contributed by atoms with Gasteiger partial charge in [0.1, 0.15) is 0 Å². The second-order valence-electron chi connectivity index (χ2n) is 8.15. The molecule has 1 aliphatic rings. The molecule has 0 bridgehead atoms. The van der Waals surface area contributed by atoms with Crippen molar-refractivity contribution in [2.75, 3.05) is 6.61 Å². The summed E-state index contributed by atoms with van der Waals surface area (Å²) in [6.45, 7) is 8.42. The molecule has 1 atom stereocenters. The number of hydroxylamine groups is 1. The Kier molecular flexibility index (Phi) is 5.78. The van der Waals surface area contributed by atoms with Crippen molar-refractivity contribution in [3.8, 4) is 0 Å². The molecule has 0 radical (unpaired) electrons. The molecule has 2 N–H and O–H groups in total. The maximum Gasteiger partial charge on any atom is 0.274 e. The minimum absolute atomic E-state index is 0.257. The maximum atomic E-state index is 13.6. The molecule has 0 spiro atoms. The molecular formula is C21H27N2O4P. The van der Waals surface area contributed by atoms with Crippen LogP contribution in [0.4, 0.5) is 0 Å². The molecule has 1 saturated heterocycles. The molecule has 1 amide bonds. The molecule has 2 aromatic carbocycles. The Balaban J connectivity index is 1.66. The van der Waals surface area contributed by atoms with Crippen LogP contribution in [0, 0.1) is 0 Å². The summed E-state index contributed by atoms with van der Waals surface area (Å²) in [4.78, 5) is 17.5. The minimum Gasteiger partial charge on any atom is -0.322 e. The van der Waals surface area contributed by atoms with Gasteiger partial charge in [0.2, 0.25) is 0 Å². The lowest BCUT2D eigenvalue weighted by Gasteiger charge is -2.47. The molecule has 6 nitrogen and oxygen atoms in total. The molecule has 1 unspecified atom stereocenters. The topological polar surface area (TPSA) is 76.7 Å². The van der Waals surface area contributed by atoms with E-state index in [9.17, 15) is 9.36 Å². The van der Waals surface area contributed by atoms with Gasteiger partial charge in [-0.05, 0) is 57.5 Å². The molecule has 1 heterocycles. The Morgan fingerprint density at radius 3 is 2.36 bits per heavy atom. The second-order valence-corrected chi connectivity index (χ2v) is 11.1. The van der Waals surface area contributed by atoms with Gasteiger partial charge < -0.3 is 4.52 Å². The number of nitrogens with one attached hydrogen (secondary N) is 2. The smallest absolute Gasteiger partial charge is 0.274 e. The fourth-order valence-electron chi connectivity index (χ4n) is 3.38. The van der Waals surface area contributed by atoms with Crippen LogP contribution in [0.2, 0.25) is 0 Å². The van der Waals surface area contributed by atoms with Crippen LogP contribution in [0.5, 0.6) is 0 Å². The monoisotopic (exact) mass is 402 g/mol. The fourth-order valence-corrected chi connectivity index (χ4v) is 5.99. The van der Waals surface area contributed by atoms with E-state index in [0.29, 0.717) is 17.5 Å². The highest BCUT2D eigenvalue weighted by Gasteiger charge is 2.50. The lowest BCUT2D eigenvalue weighted by Crippen LogP contribution is -2.59. The first-order valence-electron chi connectivity index (χ1n) is 9.24. The normalized spacial score (nSPS) is 23.1. The number of amides is 1. The Morgan fingerprint density at radius 1 is 1.11 bits per heavy atom. The van der Waals surface area contributed by atoms with Gasteiger partial charge in [0, 0.05) is 16.4 Å². The Bertz CT molecular complexity index is 879. The van der Waals surface area contributed by atoms with Crippen LogP contribution in [-0.2, 0) is 20.5 Å². The summed E-state index contributed by atoms with van der Waals surface area (Å²) >= 11 is 0. The fraction of sp³-hybridized carbons (Fsp3) is 0.381. The minimum atomic E-state index is -3.13. The van der Waals surface area contributed by atoms with E-state index >= 15 is 0 Å². The molecular weight excluding hydrogens is 375 g/mol. The van der Waals surface area contributed by atoms with Crippen molar-refractivity contribution in [2.45, 2.75) is 45.1 Å². The van der Waals surface area contributed by atoms with Crippen LogP contribution in [0.25, 0.3) is 0 Å². The zero-order valence-electron chi connectivity index (χ0n) is 16.7. The number of hydrogen-bond donors (Lipinski definition) is 2. The molecule has 150 valence electrons. The summed E-state index contributed by atoms with van der Waals surface area (Å²) in [5, 5.41) is 3.29. The van der Waals surface area contributed by atoms with E-state index in [1.54, 1.807) is 24.3 Å². The van der Waals surface area contributed by atoms with Gasteiger partial charge in [0.05, 0.1) is 18.5 Å². The average Bonchev–Trinajstić information content (AvgIpc) is 2.65. The highest BCUT2D eigenvalue weighted by Crippen LogP contribution is 2.59. The number of rotatable bonds is 5. The van der Waals surface area contributed by atoms with Crippen molar-refractivity contribution in [3.63, 3.8) is 0 Å². The zero-order valence-corrected chi connectivity index (χ0v) is 17.6. The van der Waals surface area contributed by atoms with Crippen molar-refractivity contribution in [1.82, 2.24) is 10.8 Å². The van der Waals surface area contributed by atoms with Crippen LogP contribution in [-0.4, -0.2) is 23.3 Å². The molecule has 0 saturated carbocycles. The SMILES string of the molecule is CC1(C)COP(=O)(c2ccc(C(=O)NOCc3ccccc3)cc2)C(C)(C)N1. The van der Waals surface area contributed by atoms with Crippen molar-refractivity contribution < 1.29 is 18.7 Å². The van der Waals surface area contributed by atoms with E-state index in [2.05, 4.69) is 10.8 Å². The standard InChI is InChI=1S/C21H27N2O4P/c1-20(2)15-27-28(25,21(3,4)23-20)18-12-10-17(11-13-18)19(24)22-26-14-16-8-6-5-7-9-16/h5-13,23H,14-15H2,1-4H3,(H,22,24). The molecule has 3 rings (SSSR count). The van der Waals surface area contributed by atoms with Gasteiger partial charge in [0.25, 0.3) is 13.3 Å². The summed E-state index contributed by atoms with van der Waals surface area (Å²) in [6.07, 6.45) is 0. The van der Waals surface area contributed by atoms with Gasteiger partial charge in [-0.25, -0.2) is 5.48 Å². The lowest BCUT2D eigenvalue weighted by atomic mass is 10.1. The summed E-state index contributed by atoms with van der Waals surface area (Å²) < 4.78 is 19.4. The van der Waals surface area contributed by atoms with Gasteiger partial charge in [-0.1, -0.05) is 30.3 Å². The number of carbonyl (C=O) groups excluding carboxylic acids is 1. The summed E-state index contributed by atoms with van der Waals surface area (Å²) in [5.74, 6) is -0.358. The van der Waals surface area contributed by atoms with Gasteiger partial charge in [-0.15, -0.1) is 0 Å².